The van der Waals surface area contributed by atoms with Gasteiger partial charge in [-0.3, -0.25) is 4.79 Å². The summed E-state index contributed by atoms with van der Waals surface area (Å²) in [6, 6.07) is 5.81. The van der Waals surface area contributed by atoms with Crippen molar-refractivity contribution in [3.05, 3.63) is 34.9 Å². The van der Waals surface area contributed by atoms with Crippen molar-refractivity contribution in [1.29, 1.82) is 0 Å². The molecule has 1 N–H and O–H groups in total. The summed E-state index contributed by atoms with van der Waals surface area (Å²) >= 11 is 0. The average Bonchev–Trinajstić information content (AvgIpc) is 2.92. The van der Waals surface area contributed by atoms with Crippen LogP contribution in [0.3, 0.4) is 0 Å². The Hall–Kier alpha value is -1.36. The first-order valence-electron chi connectivity index (χ1n) is 7.02. The van der Waals surface area contributed by atoms with Crippen LogP contribution in [0.25, 0.3) is 0 Å². The summed E-state index contributed by atoms with van der Waals surface area (Å²) in [5.74, 6) is 0.0317. The van der Waals surface area contributed by atoms with Gasteiger partial charge in [0.05, 0.1) is 17.0 Å². The average molecular weight is 293 g/mol. The Kier molecular flexibility index (Phi) is 3.12. The number of hydrogen-bond acceptors (Lipinski definition) is 3. The molecule has 2 aliphatic rings. The molecule has 1 saturated heterocycles. The molecule has 4 nitrogen and oxygen atoms in total. The minimum atomic E-state index is -3.01. The third-order valence-electron chi connectivity index (χ3n) is 4.28. The van der Waals surface area contributed by atoms with E-state index >= 15 is 0 Å². The molecule has 20 heavy (non-hydrogen) atoms. The van der Waals surface area contributed by atoms with Gasteiger partial charge in [0.25, 0.3) is 5.91 Å². The maximum atomic E-state index is 12.3. The largest absolute Gasteiger partial charge is 0.346 e. The molecule has 1 aromatic rings. The lowest BCUT2D eigenvalue weighted by Crippen LogP contribution is -2.46. The van der Waals surface area contributed by atoms with Crippen LogP contribution in [0.1, 0.15) is 41.3 Å². The quantitative estimate of drug-likeness (QED) is 0.898. The first kappa shape index (κ1) is 13.6. The van der Waals surface area contributed by atoms with Crippen molar-refractivity contribution < 1.29 is 13.2 Å². The Morgan fingerprint density at radius 1 is 1.25 bits per heavy atom. The smallest absolute Gasteiger partial charge is 0.251 e. The van der Waals surface area contributed by atoms with E-state index in [9.17, 15) is 13.2 Å². The van der Waals surface area contributed by atoms with Crippen LogP contribution in [-0.2, 0) is 22.7 Å². The lowest BCUT2D eigenvalue weighted by atomic mass is 10.0. The summed E-state index contributed by atoms with van der Waals surface area (Å²) < 4.78 is 23.1. The van der Waals surface area contributed by atoms with Gasteiger partial charge in [0.15, 0.2) is 9.84 Å². The molecule has 1 aliphatic carbocycles. The van der Waals surface area contributed by atoms with Crippen LogP contribution in [-0.4, -0.2) is 31.4 Å². The van der Waals surface area contributed by atoms with Gasteiger partial charge in [-0.15, -0.1) is 0 Å². The molecule has 0 unspecified atom stereocenters. The molecule has 0 saturated carbocycles. The van der Waals surface area contributed by atoms with Crippen LogP contribution in [0.15, 0.2) is 18.2 Å². The molecule has 1 amide bonds. The fourth-order valence-electron chi connectivity index (χ4n) is 3.17. The number of nitrogens with one attached hydrogen (secondary N) is 1. The normalized spacial score (nSPS) is 27.2. The van der Waals surface area contributed by atoms with E-state index < -0.39 is 15.4 Å². The number of rotatable bonds is 2. The van der Waals surface area contributed by atoms with E-state index in [1.165, 1.54) is 11.1 Å². The Bertz CT molecular complexity index is 666. The number of fused-ring (bicyclic) bond motifs is 1. The van der Waals surface area contributed by atoms with Gasteiger partial charge in [-0.05, 0) is 55.9 Å². The monoisotopic (exact) mass is 293 g/mol. The van der Waals surface area contributed by atoms with Gasteiger partial charge >= 0.3 is 0 Å². The van der Waals surface area contributed by atoms with E-state index in [4.69, 9.17) is 0 Å². The second-order valence-corrected chi connectivity index (χ2v) is 8.38. The van der Waals surface area contributed by atoms with Crippen molar-refractivity contribution in [1.82, 2.24) is 5.32 Å². The second kappa shape index (κ2) is 4.58. The third-order valence-corrected chi connectivity index (χ3v) is 6.18. The van der Waals surface area contributed by atoms with Crippen molar-refractivity contribution in [2.45, 2.75) is 38.1 Å². The van der Waals surface area contributed by atoms with E-state index in [1.807, 2.05) is 25.1 Å². The molecular formula is C15H19NO3S. The highest BCUT2D eigenvalue weighted by molar-refractivity contribution is 7.91. The van der Waals surface area contributed by atoms with Crippen LogP contribution in [0, 0.1) is 0 Å². The van der Waals surface area contributed by atoms with Crippen molar-refractivity contribution in [2.24, 2.45) is 0 Å². The predicted molar refractivity (Wildman–Crippen MR) is 77.6 cm³/mol. The van der Waals surface area contributed by atoms with E-state index in [-0.39, 0.29) is 17.4 Å². The van der Waals surface area contributed by atoms with Crippen LogP contribution < -0.4 is 5.32 Å². The molecule has 3 rings (SSSR count). The Balaban J connectivity index is 1.77. The van der Waals surface area contributed by atoms with Gasteiger partial charge in [-0.1, -0.05) is 6.07 Å². The number of sulfone groups is 1. The molecular weight excluding hydrogens is 274 g/mol. The number of amides is 1. The van der Waals surface area contributed by atoms with Gasteiger partial charge < -0.3 is 5.32 Å². The number of hydrogen-bond donors (Lipinski definition) is 1. The van der Waals surface area contributed by atoms with Gasteiger partial charge in [-0.25, -0.2) is 8.42 Å². The molecule has 1 heterocycles. The second-order valence-electron chi connectivity index (χ2n) is 6.19. The Morgan fingerprint density at radius 2 is 2.00 bits per heavy atom. The third kappa shape index (κ3) is 2.59. The van der Waals surface area contributed by atoms with Gasteiger partial charge in [0.1, 0.15) is 0 Å². The molecule has 0 aromatic heterocycles. The summed E-state index contributed by atoms with van der Waals surface area (Å²) in [4.78, 5) is 12.3. The predicted octanol–water partition coefficient (Wildman–Crippen LogP) is 1.48. The number of benzene rings is 1. The fraction of sp³-hybridized carbons (Fsp3) is 0.533. The van der Waals surface area contributed by atoms with Crippen molar-refractivity contribution in [3.63, 3.8) is 0 Å². The molecule has 0 bridgehead atoms. The molecule has 0 radical (unpaired) electrons. The van der Waals surface area contributed by atoms with E-state index in [0.717, 1.165) is 19.3 Å². The molecule has 1 atom stereocenters. The minimum Gasteiger partial charge on any atom is -0.346 e. The molecule has 5 heteroatoms. The van der Waals surface area contributed by atoms with E-state index in [2.05, 4.69) is 5.32 Å². The lowest BCUT2D eigenvalue weighted by molar-refractivity contribution is 0.0915. The molecule has 1 aromatic carbocycles. The first-order valence-corrected chi connectivity index (χ1v) is 8.84. The minimum absolute atomic E-state index is 0.0384. The van der Waals surface area contributed by atoms with Gasteiger partial charge in [-0.2, -0.15) is 0 Å². The zero-order chi connectivity index (χ0) is 14.4. The van der Waals surface area contributed by atoms with Crippen LogP contribution >= 0.6 is 0 Å². The molecule has 1 aliphatic heterocycles. The zero-order valence-corrected chi connectivity index (χ0v) is 12.4. The van der Waals surface area contributed by atoms with E-state index in [1.54, 1.807) is 0 Å². The maximum Gasteiger partial charge on any atom is 0.251 e. The number of carbonyl (C=O) groups excluding carboxylic acids is 1. The maximum absolute atomic E-state index is 12.3. The van der Waals surface area contributed by atoms with E-state index in [0.29, 0.717) is 12.0 Å². The van der Waals surface area contributed by atoms with Crippen LogP contribution in [0.4, 0.5) is 0 Å². The van der Waals surface area contributed by atoms with Crippen molar-refractivity contribution >= 4 is 15.7 Å². The van der Waals surface area contributed by atoms with Crippen LogP contribution in [0.2, 0.25) is 0 Å². The summed E-state index contributed by atoms with van der Waals surface area (Å²) in [6.07, 6.45) is 3.76. The summed E-state index contributed by atoms with van der Waals surface area (Å²) in [6.45, 7) is 1.81. The SMILES string of the molecule is C[C@@]1(NC(=O)c2ccc3c(c2)CCC3)CCS(=O)(=O)C1. The zero-order valence-electron chi connectivity index (χ0n) is 11.6. The van der Waals surface area contributed by atoms with Crippen LogP contribution in [0.5, 0.6) is 0 Å². The topological polar surface area (TPSA) is 63.2 Å². The highest BCUT2D eigenvalue weighted by Gasteiger charge is 2.39. The highest BCUT2D eigenvalue weighted by atomic mass is 32.2. The fourth-order valence-corrected chi connectivity index (χ4v) is 5.26. The molecule has 0 spiro atoms. The molecule has 108 valence electrons. The standard InChI is InChI=1S/C15H19NO3S/c1-15(7-8-20(18,19)10-15)16-14(17)13-6-5-11-3-2-4-12(11)9-13/h5-6,9H,2-4,7-8,10H2,1H3,(H,16,17)/t15-/m1/s1. The summed E-state index contributed by atoms with van der Waals surface area (Å²) in [7, 11) is -3.01. The summed E-state index contributed by atoms with van der Waals surface area (Å²) in [5.41, 5.74) is 2.59. The number of carbonyl (C=O) groups is 1. The Morgan fingerprint density at radius 3 is 2.70 bits per heavy atom. The van der Waals surface area contributed by atoms with Gasteiger partial charge in [0, 0.05) is 5.56 Å². The van der Waals surface area contributed by atoms with Crippen molar-refractivity contribution in [2.75, 3.05) is 11.5 Å². The molecule has 1 fully saturated rings. The van der Waals surface area contributed by atoms with Gasteiger partial charge in [0.2, 0.25) is 0 Å². The summed E-state index contributed by atoms with van der Waals surface area (Å²) in [5, 5.41) is 2.90. The first-order chi connectivity index (χ1) is 9.37. The number of aryl methyl sites for hydroxylation is 2. The van der Waals surface area contributed by atoms with Crippen molar-refractivity contribution in [3.8, 4) is 0 Å². The lowest BCUT2D eigenvalue weighted by Gasteiger charge is -2.24. The highest BCUT2D eigenvalue weighted by Crippen LogP contribution is 2.25. The Labute approximate surface area is 119 Å².